The van der Waals surface area contributed by atoms with Gasteiger partial charge >= 0.3 is 0 Å². The van der Waals surface area contributed by atoms with Crippen molar-refractivity contribution in [1.82, 2.24) is 24.3 Å². The van der Waals surface area contributed by atoms with Crippen molar-refractivity contribution in [1.29, 1.82) is 0 Å². The first-order chi connectivity index (χ1) is 13.1. The van der Waals surface area contributed by atoms with Gasteiger partial charge < -0.3 is 0 Å². The molecule has 0 N–H and O–H groups in total. The molecule has 3 aromatic heterocycles. The monoisotopic (exact) mass is 373 g/mol. The van der Waals surface area contributed by atoms with Gasteiger partial charge in [0.2, 0.25) is 0 Å². The van der Waals surface area contributed by atoms with Gasteiger partial charge in [-0.3, -0.25) is 14.0 Å². The van der Waals surface area contributed by atoms with E-state index in [9.17, 15) is 4.79 Å². The Morgan fingerprint density at radius 2 is 2.00 bits per heavy atom. The molecule has 0 aliphatic carbocycles. The first-order valence-corrected chi connectivity index (χ1v) is 9.29. The van der Waals surface area contributed by atoms with E-state index in [1.54, 1.807) is 27.8 Å². The van der Waals surface area contributed by atoms with Crippen LogP contribution in [0, 0.1) is 6.92 Å². The van der Waals surface area contributed by atoms with E-state index in [1.165, 1.54) is 11.3 Å². The van der Waals surface area contributed by atoms with Crippen LogP contribution in [0.1, 0.15) is 5.56 Å². The van der Waals surface area contributed by atoms with Gasteiger partial charge in [0.15, 0.2) is 5.13 Å². The standard InChI is InChI=1S/C20H15N5OS/c1-12-3-6-17-15(9-12)23-20(27-17)25-8-7-21-18(19(25)26)13-4-5-16-14(10-13)11-22-24(16)2/h3-11H,1-2H3. The lowest BCUT2D eigenvalue weighted by atomic mass is 10.1. The average molecular weight is 373 g/mol. The molecule has 0 aliphatic heterocycles. The van der Waals surface area contributed by atoms with Crippen molar-refractivity contribution in [3.05, 3.63) is 70.9 Å². The van der Waals surface area contributed by atoms with Gasteiger partial charge in [-0.25, -0.2) is 9.97 Å². The maximum Gasteiger partial charge on any atom is 0.283 e. The van der Waals surface area contributed by atoms with E-state index in [0.29, 0.717) is 10.8 Å². The van der Waals surface area contributed by atoms with Crippen molar-refractivity contribution in [2.24, 2.45) is 7.05 Å². The molecule has 0 saturated heterocycles. The Morgan fingerprint density at radius 1 is 1.11 bits per heavy atom. The molecular formula is C20H15N5OS. The van der Waals surface area contributed by atoms with E-state index in [0.717, 1.165) is 32.2 Å². The number of rotatable bonds is 2. The number of aromatic nitrogens is 5. The Bertz CT molecular complexity index is 1360. The molecule has 7 heteroatoms. The summed E-state index contributed by atoms with van der Waals surface area (Å²) in [6.45, 7) is 2.03. The third-order valence-corrected chi connectivity index (χ3v) is 5.63. The first-order valence-electron chi connectivity index (χ1n) is 8.47. The summed E-state index contributed by atoms with van der Waals surface area (Å²) in [7, 11) is 1.89. The Labute approximate surface area is 158 Å². The topological polar surface area (TPSA) is 65.6 Å². The second kappa shape index (κ2) is 5.85. The fourth-order valence-corrected chi connectivity index (χ4v) is 4.13. The van der Waals surface area contributed by atoms with Gasteiger partial charge in [0.1, 0.15) is 5.69 Å². The highest BCUT2D eigenvalue weighted by atomic mass is 32.1. The molecule has 0 spiro atoms. The average Bonchev–Trinajstić information content (AvgIpc) is 3.25. The second-order valence-electron chi connectivity index (χ2n) is 6.46. The van der Waals surface area contributed by atoms with Crippen LogP contribution in [-0.4, -0.2) is 24.3 Å². The van der Waals surface area contributed by atoms with Crippen molar-refractivity contribution < 1.29 is 0 Å². The number of benzene rings is 2. The third kappa shape index (κ3) is 2.55. The zero-order valence-electron chi connectivity index (χ0n) is 14.7. The summed E-state index contributed by atoms with van der Waals surface area (Å²) in [6, 6.07) is 11.9. The zero-order chi connectivity index (χ0) is 18.5. The predicted molar refractivity (Wildman–Crippen MR) is 107 cm³/mol. The summed E-state index contributed by atoms with van der Waals surface area (Å²) in [6.07, 6.45) is 5.09. The Hall–Kier alpha value is -3.32. The fourth-order valence-electron chi connectivity index (χ4n) is 3.20. The van der Waals surface area contributed by atoms with Crippen molar-refractivity contribution in [2.75, 3.05) is 0 Å². The van der Waals surface area contributed by atoms with Crippen molar-refractivity contribution >= 4 is 32.5 Å². The van der Waals surface area contributed by atoms with E-state index >= 15 is 0 Å². The molecule has 0 saturated carbocycles. The van der Waals surface area contributed by atoms with E-state index < -0.39 is 0 Å². The molecule has 0 amide bonds. The minimum absolute atomic E-state index is 0.184. The molecule has 27 heavy (non-hydrogen) atoms. The van der Waals surface area contributed by atoms with Gasteiger partial charge in [0.25, 0.3) is 5.56 Å². The van der Waals surface area contributed by atoms with Gasteiger partial charge in [-0.05, 0) is 36.8 Å². The Kier molecular flexibility index (Phi) is 3.45. The molecule has 0 fully saturated rings. The van der Waals surface area contributed by atoms with Crippen LogP contribution in [0.4, 0.5) is 0 Å². The van der Waals surface area contributed by atoms with Crippen molar-refractivity contribution in [3.63, 3.8) is 0 Å². The minimum atomic E-state index is -0.184. The smallest absolute Gasteiger partial charge is 0.268 e. The number of thiazole rings is 1. The summed E-state index contributed by atoms with van der Waals surface area (Å²) in [5.41, 5.74) is 4.04. The normalized spacial score (nSPS) is 11.5. The Morgan fingerprint density at radius 3 is 2.89 bits per heavy atom. The molecule has 0 radical (unpaired) electrons. The molecule has 0 bridgehead atoms. The van der Waals surface area contributed by atoms with Crippen LogP contribution in [0.25, 0.3) is 37.5 Å². The summed E-state index contributed by atoms with van der Waals surface area (Å²) in [5.74, 6) is 0. The van der Waals surface area contributed by atoms with E-state index in [-0.39, 0.29) is 5.56 Å². The highest BCUT2D eigenvalue weighted by molar-refractivity contribution is 7.20. The van der Waals surface area contributed by atoms with Crippen LogP contribution < -0.4 is 5.56 Å². The van der Waals surface area contributed by atoms with E-state index in [1.807, 2.05) is 50.4 Å². The van der Waals surface area contributed by atoms with Crippen LogP contribution in [0.2, 0.25) is 0 Å². The molecule has 2 aromatic carbocycles. The minimum Gasteiger partial charge on any atom is -0.268 e. The molecule has 0 aliphatic rings. The number of hydrogen-bond donors (Lipinski definition) is 0. The highest BCUT2D eigenvalue weighted by Crippen LogP contribution is 2.26. The first kappa shape index (κ1) is 15.9. The summed E-state index contributed by atoms with van der Waals surface area (Å²) in [4.78, 5) is 22.1. The van der Waals surface area contributed by atoms with Gasteiger partial charge in [-0.1, -0.05) is 23.5 Å². The number of aryl methyl sites for hydroxylation is 2. The highest BCUT2D eigenvalue weighted by Gasteiger charge is 2.13. The Balaban J connectivity index is 1.67. The quantitative estimate of drug-likeness (QED) is 0.473. The van der Waals surface area contributed by atoms with Crippen LogP contribution in [0.15, 0.2) is 59.8 Å². The maximum absolute atomic E-state index is 13.1. The van der Waals surface area contributed by atoms with Gasteiger partial charge in [0.05, 0.1) is 21.9 Å². The lowest BCUT2D eigenvalue weighted by molar-refractivity contribution is 0.797. The van der Waals surface area contributed by atoms with Crippen molar-refractivity contribution in [2.45, 2.75) is 6.92 Å². The largest absolute Gasteiger partial charge is 0.283 e. The lowest BCUT2D eigenvalue weighted by Gasteiger charge is -2.05. The van der Waals surface area contributed by atoms with Crippen molar-refractivity contribution in [3.8, 4) is 16.4 Å². The van der Waals surface area contributed by atoms with Gasteiger partial charge in [0, 0.05) is 30.4 Å². The van der Waals surface area contributed by atoms with Gasteiger partial charge in [-0.2, -0.15) is 5.10 Å². The molecule has 6 nitrogen and oxygen atoms in total. The predicted octanol–water partition coefficient (Wildman–Crippen LogP) is 3.70. The molecule has 132 valence electrons. The maximum atomic E-state index is 13.1. The molecule has 5 aromatic rings. The summed E-state index contributed by atoms with van der Waals surface area (Å²) >= 11 is 1.49. The van der Waals surface area contributed by atoms with Crippen LogP contribution in [0.3, 0.4) is 0 Å². The number of hydrogen-bond acceptors (Lipinski definition) is 5. The number of nitrogens with zero attached hydrogens (tertiary/aromatic N) is 5. The van der Waals surface area contributed by atoms with E-state index in [2.05, 4.69) is 15.1 Å². The molecule has 0 unspecified atom stereocenters. The van der Waals surface area contributed by atoms with Crippen LogP contribution in [0.5, 0.6) is 0 Å². The lowest BCUT2D eigenvalue weighted by Crippen LogP contribution is -2.20. The second-order valence-corrected chi connectivity index (χ2v) is 7.47. The van der Waals surface area contributed by atoms with Gasteiger partial charge in [-0.15, -0.1) is 0 Å². The van der Waals surface area contributed by atoms with E-state index in [4.69, 9.17) is 0 Å². The SMILES string of the molecule is Cc1ccc2sc(-n3ccnc(-c4ccc5c(cnn5C)c4)c3=O)nc2c1. The third-order valence-electron chi connectivity index (χ3n) is 4.60. The van der Waals surface area contributed by atoms with Crippen LogP contribution in [-0.2, 0) is 7.05 Å². The zero-order valence-corrected chi connectivity index (χ0v) is 15.6. The summed E-state index contributed by atoms with van der Waals surface area (Å²) < 4.78 is 4.42. The molecule has 0 atom stereocenters. The fraction of sp³-hybridized carbons (Fsp3) is 0.100. The van der Waals surface area contributed by atoms with Crippen LogP contribution >= 0.6 is 11.3 Å². The molecular weight excluding hydrogens is 358 g/mol. The number of fused-ring (bicyclic) bond motifs is 2. The summed E-state index contributed by atoms with van der Waals surface area (Å²) in [5, 5.41) is 5.87. The molecule has 5 rings (SSSR count). The molecule has 3 heterocycles.